The number of benzene rings is 2. The lowest BCUT2D eigenvalue weighted by Gasteiger charge is -2.10. The van der Waals surface area contributed by atoms with Crippen molar-refractivity contribution in [2.45, 2.75) is 11.4 Å². The number of aromatic nitrogens is 3. The van der Waals surface area contributed by atoms with Gasteiger partial charge >= 0.3 is 0 Å². The van der Waals surface area contributed by atoms with Crippen LogP contribution in [0.2, 0.25) is 0 Å². The predicted octanol–water partition coefficient (Wildman–Crippen LogP) is 4.25. The topological polar surface area (TPSA) is 103 Å². The Kier molecular flexibility index (Phi) is 7.75. The highest BCUT2D eigenvalue weighted by Gasteiger charge is 2.12. The van der Waals surface area contributed by atoms with Crippen LogP contribution in [0.15, 0.2) is 81.1 Å². The molecular formula is C25H22N4O4S. The average molecular weight is 475 g/mol. The smallest absolute Gasteiger partial charge is 0.258 e. The van der Waals surface area contributed by atoms with Gasteiger partial charge in [-0.2, -0.15) is 10.2 Å². The van der Waals surface area contributed by atoms with Crippen molar-refractivity contribution in [2.24, 2.45) is 0 Å². The molecule has 0 aliphatic rings. The SMILES string of the molecule is COCCOc1cccc(Cn2cc(-c3noc(-c4ccc(SCC#N)cc4)n3)ccc2=O)c1. The molecule has 2 aromatic heterocycles. The van der Waals surface area contributed by atoms with Gasteiger partial charge in [-0.3, -0.25) is 4.79 Å². The summed E-state index contributed by atoms with van der Waals surface area (Å²) in [6.07, 6.45) is 1.72. The normalized spacial score (nSPS) is 10.7. The molecule has 0 fully saturated rings. The van der Waals surface area contributed by atoms with Crippen LogP contribution in [0, 0.1) is 11.3 Å². The van der Waals surface area contributed by atoms with E-state index in [1.807, 2.05) is 48.5 Å². The van der Waals surface area contributed by atoms with Crippen molar-refractivity contribution in [3.8, 4) is 34.7 Å². The molecule has 2 heterocycles. The molecule has 0 N–H and O–H groups in total. The summed E-state index contributed by atoms with van der Waals surface area (Å²) >= 11 is 1.46. The number of pyridine rings is 1. The van der Waals surface area contributed by atoms with Crippen LogP contribution in [-0.4, -0.2) is 40.8 Å². The third-order valence-electron chi connectivity index (χ3n) is 4.88. The van der Waals surface area contributed by atoms with Crippen LogP contribution < -0.4 is 10.3 Å². The summed E-state index contributed by atoms with van der Waals surface area (Å²) in [5, 5.41) is 12.8. The van der Waals surface area contributed by atoms with E-state index in [-0.39, 0.29) is 5.56 Å². The number of thioether (sulfide) groups is 1. The highest BCUT2D eigenvalue weighted by atomic mass is 32.2. The lowest BCUT2D eigenvalue weighted by molar-refractivity contribution is 0.146. The second kappa shape index (κ2) is 11.3. The first-order valence-electron chi connectivity index (χ1n) is 10.5. The minimum absolute atomic E-state index is 0.136. The Hall–Kier alpha value is -3.87. The van der Waals surface area contributed by atoms with Gasteiger partial charge in [-0.25, -0.2) is 0 Å². The van der Waals surface area contributed by atoms with Crippen LogP contribution in [0.25, 0.3) is 22.8 Å². The van der Waals surface area contributed by atoms with Crippen molar-refractivity contribution in [2.75, 3.05) is 26.1 Å². The molecule has 0 bridgehead atoms. The van der Waals surface area contributed by atoms with E-state index in [9.17, 15) is 4.79 Å². The minimum Gasteiger partial charge on any atom is -0.491 e. The molecule has 172 valence electrons. The Morgan fingerprint density at radius 1 is 1.09 bits per heavy atom. The van der Waals surface area contributed by atoms with E-state index in [0.29, 0.717) is 42.8 Å². The molecule has 0 spiro atoms. The molecule has 9 heteroatoms. The molecule has 0 saturated carbocycles. The number of hydrogen-bond donors (Lipinski definition) is 0. The summed E-state index contributed by atoms with van der Waals surface area (Å²) in [6.45, 7) is 1.33. The monoisotopic (exact) mass is 474 g/mol. The molecule has 4 aromatic rings. The second-order valence-electron chi connectivity index (χ2n) is 7.27. The summed E-state index contributed by atoms with van der Waals surface area (Å²) < 4.78 is 17.7. The Morgan fingerprint density at radius 2 is 1.91 bits per heavy atom. The first-order chi connectivity index (χ1) is 16.7. The molecule has 0 unspecified atom stereocenters. The molecule has 0 aliphatic heterocycles. The fourth-order valence-electron chi connectivity index (χ4n) is 3.23. The number of nitriles is 1. The van der Waals surface area contributed by atoms with Crippen molar-refractivity contribution in [1.82, 2.24) is 14.7 Å². The van der Waals surface area contributed by atoms with E-state index in [1.165, 1.54) is 17.8 Å². The van der Waals surface area contributed by atoms with E-state index >= 15 is 0 Å². The van der Waals surface area contributed by atoms with Gasteiger partial charge in [-0.1, -0.05) is 17.3 Å². The predicted molar refractivity (Wildman–Crippen MR) is 129 cm³/mol. The van der Waals surface area contributed by atoms with Gasteiger partial charge in [0, 0.05) is 35.4 Å². The zero-order valence-corrected chi connectivity index (χ0v) is 19.3. The van der Waals surface area contributed by atoms with Crippen LogP contribution in [0.1, 0.15) is 5.56 Å². The molecule has 34 heavy (non-hydrogen) atoms. The fraction of sp³-hybridized carbons (Fsp3) is 0.200. The molecular weight excluding hydrogens is 452 g/mol. The van der Waals surface area contributed by atoms with Gasteiger partial charge in [0.1, 0.15) is 12.4 Å². The highest BCUT2D eigenvalue weighted by Crippen LogP contribution is 2.25. The van der Waals surface area contributed by atoms with E-state index < -0.39 is 0 Å². The molecule has 0 saturated heterocycles. The second-order valence-corrected chi connectivity index (χ2v) is 8.32. The summed E-state index contributed by atoms with van der Waals surface area (Å²) in [7, 11) is 1.62. The zero-order chi connectivity index (χ0) is 23.8. The van der Waals surface area contributed by atoms with Crippen molar-refractivity contribution < 1.29 is 14.0 Å². The number of methoxy groups -OCH3 is 1. The van der Waals surface area contributed by atoms with Crippen molar-refractivity contribution in [3.63, 3.8) is 0 Å². The zero-order valence-electron chi connectivity index (χ0n) is 18.5. The Balaban J connectivity index is 1.51. The minimum atomic E-state index is -0.136. The maximum Gasteiger partial charge on any atom is 0.258 e. The lowest BCUT2D eigenvalue weighted by Crippen LogP contribution is -2.19. The third kappa shape index (κ3) is 5.92. The molecule has 4 rings (SSSR count). The average Bonchev–Trinajstić information content (AvgIpc) is 3.35. The summed E-state index contributed by atoms with van der Waals surface area (Å²) in [4.78, 5) is 17.9. The van der Waals surface area contributed by atoms with Gasteiger partial charge < -0.3 is 18.6 Å². The quantitative estimate of drug-likeness (QED) is 0.248. The summed E-state index contributed by atoms with van der Waals surface area (Å²) in [5.41, 5.74) is 2.24. The van der Waals surface area contributed by atoms with Crippen molar-refractivity contribution in [1.29, 1.82) is 5.26 Å². The van der Waals surface area contributed by atoms with Crippen LogP contribution >= 0.6 is 11.8 Å². The van der Waals surface area contributed by atoms with Gasteiger partial charge in [-0.15, -0.1) is 11.8 Å². The molecule has 0 aliphatic carbocycles. The maximum absolute atomic E-state index is 12.5. The van der Waals surface area contributed by atoms with Gasteiger partial charge in [0.25, 0.3) is 11.4 Å². The number of hydrogen-bond acceptors (Lipinski definition) is 8. The molecule has 0 atom stereocenters. The lowest BCUT2D eigenvalue weighted by atomic mass is 10.2. The number of nitrogens with zero attached hydrogens (tertiary/aromatic N) is 4. The third-order valence-corrected chi connectivity index (χ3v) is 5.76. The standard InChI is InChI=1S/C25H22N4O4S/c1-31-12-13-32-21-4-2-3-18(15-21)16-29-17-20(7-10-23(29)30)24-27-25(33-28-24)19-5-8-22(9-6-19)34-14-11-26/h2-10,15,17H,12-14,16H2,1H3. The Labute approximate surface area is 200 Å². The molecule has 0 amide bonds. The first kappa shape index (κ1) is 23.3. The molecule has 8 nitrogen and oxygen atoms in total. The van der Waals surface area contributed by atoms with Crippen LogP contribution in [0.5, 0.6) is 5.75 Å². The molecule has 2 aromatic carbocycles. The van der Waals surface area contributed by atoms with Gasteiger partial charge in [0.15, 0.2) is 0 Å². The van der Waals surface area contributed by atoms with Crippen LogP contribution in [0.4, 0.5) is 0 Å². The van der Waals surface area contributed by atoms with Crippen LogP contribution in [-0.2, 0) is 11.3 Å². The summed E-state index contributed by atoms with van der Waals surface area (Å²) in [6, 6.07) is 20.5. The maximum atomic E-state index is 12.5. The highest BCUT2D eigenvalue weighted by molar-refractivity contribution is 7.99. The fourth-order valence-corrected chi connectivity index (χ4v) is 3.79. The Morgan fingerprint density at radius 3 is 2.71 bits per heavy atom. The van der Waals surface area contributed by atoms with E-state index in [1.54, 1.807) is 23.9 Å². The number of rotatable bonds is 10. The van der Waals surface area contributed by atoms with E-state index in [2.05, 4.69) is 16.2 Å². The van der Waals surface area contributed by atoms with Crippen LogP contribution in [0.3, 0.4) is 0 Å². The van der Waals surface area contributed by atoms with Crippen molar-refractivity contribution >= 4 is 11.8 Å². The molecule has 0 radical (unpaired) electrons. The van der Waals surface area contributed by atoms with Gasteiger partial charge in [0.2, 0.25) is 5.82 Å². The number of ether oxygens (including phenoxy) is 2. The van der Waals surface area contributed by atoms with E-state index in [4.69, 9.17) is 19.3 Å². The van der Waals surface area contributed by atoms with E-state index in [0.717, 1.165) is 21.8 Å². The Bertz CT molecular complexity index is 1340. The summed E-state index contributed by atoms with van der Waals surface area (Å²) in [5.74, 6) is 1.89. The van der Waals surface area contributed by atoms with Gasteiger partial charge in [-0.05, 0) is 48.0 Å². The largest absolute Gasteiger partial charge is 0.491 e. The first-order valence-corrected chi connectivity index (χ1v) is 11.5. The van der Waals surface area contributed by atoms with Crippen molar-refractivity contribution in [3.05, 3.63) is 82.8 Å². The van der Waals surface area contributed by atoms with Gasteiger partial charge in [0.05, 0.1) is 25.0 Å².